The first kappa shape index (κ1) is 24.1. The standard InChI is InChI=1S/C24H27N5O3S/c1-14-11-12-26-17(4)22(14)29-24(30)20-13-15(2)27-23(21(20)16(3)25-5)28-18-7-9-19(10-8-18)33(6,31)32/h7-13H,1-6H3,(H,27,28)(H,29,30). The smallest absolute Gasteiger partial charge is 0.256 e. The number of pyridine rings is 2. The lowest BCUT2D eigenvalue weighted by Gasteiger charge is -2.17. The average molecular weight is 466 g/mol. The highest BCUT2D eigenvalue weighted by Gasteiger charge is 2.21. The Morgan fingerprint density at radius 2 is 1.73 bits per heavy atom. The van der Waals surface area contributed by atoms with Gasteiger partial charge in [0.15, 0.2) is 9.84 Å². The Bertz CT molecular complexity index is 1330. The molecule has 2 N–H and O–H groups in total. The molecule has 0 aliphatic heterocycles. The Hall–Kier alpha value is -3.59. The van der Waals surface area contributed by atoms with Crippen molar-refractivity contribution in [3.05, 3.63) is 70.7 Å². The molecule has 2 heterocycles. The zero-order valence-electron chi connectivity index (χ0n) is 19.5. The Morgan fingerprint density at radius 3 is 2.30 bits per heavy atom. The van der Waals surface area contributed by atoms with E-state index >= 15 is 0 Å². The largest absolute Gasteiger partial charge is 0.340 e. The molecule has 0 saturated carbocycles. The molecule has 0 atom stereocenters. The van der Waals surface area contributed by atoms with Crippen LogP contribution in [0, 0.1) is 20.8 Å². The third-order valence-corrected chi connectivity index (χ3v) is 6.35. The summed E-state index contributed by atoms with van der Waals surface area (Å²) in [5, 5.41) is 6.19. The minimum absolute atomic E-state index is 0.221. The number of aryl methyl sites for hydroxylation is 3. The average Bonchev–Trinajstić information content (AvgIpc) is 2.75. The number of carbonyl (C=O) groups excluding carboxylic acids is 1. The second kappa shape index (κ2) is 9.50. The molecule has 33 heavy (non-hydrogen) atoms. The van der Waals surface area contributed by atoms with Gasteiger partial charge in [-0.1, -0.05) is 0 Å². The summed E-state index contributed by atoms with van der Waals surface area (Å²) in [6, 6.07) is 9.92. The Kier molecular flexibility index (Phi) is 6.92. The summed E-state index contributed by atoms with van der Waals surface area (Å²) >= 11 is 0. The molecule has 0 radical (unpaired) electrons. The van der Waals surface area contributed by atoms with Gasteiger partial charge in [-0.3, -0.25) is 14.8 Å². The van der Waals surface area contributed by atoms with Crippen LogP contribution in [0.25, 0.3) is 0 Å². The van der Waals surface area contributed by atoms with E-state index in [2.05, 4.69) is 25.6 Å². The van der Waals surface area contributed by atoms with E-state index < -0.39 is 9.84 Å². The van der Waals surface area contributed by atoms with Crippen molar-refractivity contribution in [2.24, 2.45) is 4.99 Å². The number of aliphatic imine (C=N–C) groups is 1. The predicted octanol–water partition coefficient (Wildman–Crippen LogP) is 4.24. The maximum atomic E-state index is 13.4. The number of carbonyl (C=O) groups is 1. The SMILES string of the molecule is CN=C(C)c1c(C(=O)Nc2c(C)ccnc2C)cc(C)nc1Nc1ccc(S(C)(=O)=O)cc1. The number of nitrogens with zero attached hydrogens (tertiary/aromatic N) is 3. The molecule has 8 nitrogen and oxygen atoms in total. The van der Waals surface area contributed by atoms with Crippen molar-refractivity contribution in [1.29, 1.82) is 0 Å². The monoisotopic (exact) mass is 465 g/mol. The molecule has 3 aromatic rings. The summed E-state index contributed by atoms with van der Waals surface area (Å²) in [4.78, 5) is 26.7. The van der Waals surface area contributed by atoms with Gasteiger partial charge < -0.3 is 10.6 Å². The fourth-order valence-electron chi connectivity index (χ4n) is 3.41. The molecule has 0 unspecified atom stereocenters. The van der Waals surface area contributed by atoms with E-state index in [1.807, 2.05) is 26.8 Å². The van der Waals surface area contributed by atoms with Crippen LogP contribution in [0.3, 0.4) is 0 Å². The number of aromatic nitrogens is 2. The van der Waals surface area contributed by atoms with Crippen LogP contribution in [-0.4, -0.2) is 43.3 Å². The molecule has 0 aliphatic rings. The molecule has 0 spiro atoms. The summed E-state index contributed by atoms with van der Waals surface area (Å²) in [5.41, 5.74) is 5.19. The second-order valence-electron chi connectivity index (χ2n) is 7.81. The zero-order chi connectivity index (χ0) is 24.3. The molecule has 2 aromatic heterocycles. The van der Waals surface area contributed by atoms with Crippen LogP contribution in [0.15, 0.2) is 52.5 Å². The number of anilines is 3. The molecule has 0 bridgehead atoms. The summed E-state index contributed by atoms with van der Waals surface area (Å²) in [5.74, 6) is 0.156. The lowest BCUT2D eigenvalue weighted by atomic mass is 10.0. The minimum atomic E-state index is -3.30. The number of amides is 1. The second-order valence-corrected chi connectivity index (χ2v) is 9.82. The van der Waals surface area contributed by atoms with Crippen molar-refractivity contribution < 1.29 is 13.2 Å². The number of sulfone groups is 1. The summed E-state index contributed by atoms with van der Waals surface area (Å²) < 4.78 is 23.5. The lowest BCUT2D eigenvalue weighted by Crippen LogP contribution is -2.20. The summed E-state index contributed by atoms with van der Waals surface area (Å²) in [6.07, 6.45) is 2.86. The van der Waals surface area contributed by atoms with E-state index in [9.17, 15) is 13.2 Å². The first-order valence-corrected chi connectivity index (χ1v) is 12.2. The van der Waals surface area contributed by atoms with Crippen molar-refractivity contribution in [3.8, 4) is 0 Å². The molecule has 172 valence electrons. The van der Waals surface area contributed by atoms with E-state index in [1.165, 1.54) is 12.1 Å². The highest BCUT2D eigenvalue weighted by atomic mass is 32.2. The third-order valence-electron chi connectivity index (χ3n) is 5.22. The number of rotatable bonds is 6. The highest BCUT2D eigenvalue weighted by molar-refractivity contribution is 7.90. The minimum Gasteiger partial charge on any atom is -0.340 e. The van der Waals surface area contributed by atoms with E-state index in [4.69, 9.17) is 0 Å². The molecule has 1 amide bonds. The highest BCUT2D eigenvalue weighted by Crippen LogP contribution is 2.27. The van der Waals surface area contributed by atoms with Gasteiger partial charge in [-0.15, -0.1) is 0 Å². The fourth-order valence-corrected chi connectivity index (χ4v) is 4.04. The van der Waals surface area contributed by atoms with Gasteiger partial charge in [-0.2, -0.15) is 0 Å². The quantitative estimate of drug-likeness (QED) is 0.527. The van der Waals surface area contributed by atoms with E-state index in [0.717, 1.165) is 17.5 Å². The van der Waals surface area contributed by atoms with Crippen LogP contribution in [0.4, 0.5) is 17.2 Å². The van der Waals surface area contributed by atoms with Crippen LogP contribution >= 0.6 is 0 Å². The molecular weight excluding hydrogens is 438 g/mol. The van der Waals surface area contributed by atoms with Crippen molar-refractivity contribution in [1.82, 2.24) is 9.97 Å². The third kappa shape index (κ3) is 5.43. The first-order chi connectivity index (χ1) is 15.5. The van der Waals surface area contributed by atoms with Gasteiger partial charge >= 0.3 is 0 Å². The number of hydrogen-bond acceptors (Lipinski definition) is 7. The number of benzene rings is 1. The summed E-state index contributed by atoms with van der Waals surface area (Å²) in [7, 11) is -1.65. The summed E-state index contributed by atoms with van der Waals surface area (Å²) in [6.45, 7) is 7.36. The van der Waals surface area contributed by atoms with Crippen LogP contribution in [0.2, 0.25) is 0 Å². The fraction of sp³-hybridized carbons (Fsp3) is 0.250. The van der Waals surface area contributed by atoms with Crippen molar-refractivity contribution in [2.45, 2.75) is 32.6 Å². The van der Waals surface area contributed by atoms with Gasteiger partial charge in [-0.05, 0) is 69.7 Å². The number of nitrogens with one attached hydrogen (secondary N) is 2. The van der Waals surface area contributed by atoms with Gasteiger partial charge in [0.05, 0.1) is 27.4 Å². The Morgan fingerprint density at radius 1 is 1.06 bits per heavy atom. The topological polar surface area (TPSA) is 113 Å². The van der Waals surface area contributed by atoms with Crippen LogP contribution in [-0.2, 0) is 9.84 Å². The van der Waals surface area contributed by atoms with Crippen LogP contribution in [0.5, 0.6) is 0 Å². The molecule has 1 aromatic carbocycles. The maximum Gasteiger partial charge on any atom is 0.256 e. The Labute approximate surface area is 194 Å². The van der Waals surface area contributed by atoms with Crippen LogP contribution in [0.1, 0.15) is 39.8 Å². The van der Waals surface area contributed by atoms with E-state index in [-0.39, 0.29) is 10.8 Å². The van der Waals surface area contributed by atoms with Gasteiger partial charge in [0.2, 0.25) is 0 Å². The van der Waals surface area contributed by atoms with E-state index in [0.29, 0.717) is 39.7 Å². The molecule has 0 saturated heterocycles. The first-order valence-electron chi connectivity index (χ1n) is 10.3. The van der Waals surface area contributed by atoms with Gasteiger partial charge in [0.1, 0.15) is 5.82 Å². The molecule has 3 rings (SSSR count). The molecule has 0 aliphatic carbocycles. The zero-order valence-corrected chi connectivity index (χ0v) is 20.3. The van der Waals surface area contributed by atoms with Crippen molar-refractivity contribution >= 4 is 38.6 Å². The maximum absolute atomic E-state index is 13.4. The van der Waals surface area contributed by atoms with Gasteiger partial charge in [-0.25, -0.2) is 13.4 Å². The Balaban J connectivity index is 2.06. The molecule has 0 fully saturated rings. The van der Waals surface area contributed by atoms with Gasteiger partial charge in [0, 0.05) is 36.6 Å². The predicted molar refractivity (Wildman–Crippen MR) is 132 cm³/mol. The molecule has 9 heteroatoms. The van der Waals surface area contributed by atoms with E-state index in [1.54, 1.807) is 38.4 Å². The van der Waals surface area contributed by atoms with Crippen LogP contribution < -0.4 is 10.6 Å². The molecular formula is C24H27N5O3S. The normalized spacial score (nSPS) is 11.9. The van der Waals surface area contributed by atoms with Gasteiger partial charge in [0.25, 0.3) is 5.91 Å². The van der Waals surface area contributed by atoms with Crippen molar-refractivity contribution in [3.63, 3.8) is 0 Å². The van der Waals surface area contributed by atoms with Crippen molar-refractivity contribution in [2.75, 3.05) is 23.9 Å². The number of hydrogen-bond donors (Lipinski definition) is 2. The lowest BCUT2D eigenvalue weighted by molar-refractivity contribution is 0.102.